The monoisotopic (exact) mass is 415 g/mol. The maximum Gasteiger partial charge on any atom is 0.263 e. The molecule has 0 saturated carbocycles. The fraction of sp³-hybridized carbons (Fsp3) is 0.286. The molecule has 1 unspecified atom stereocenters. The maximum atomic E-state index is 12.8. The van der Waals surface area contributed by atoms with Gasteiger partial charge in [-0.15, -0.1) is 0 Å². The number of amides is 1. The van der Waals surface area contributed by atoms with Crippen LogP contribution in [0.1, 0.15) is 19.2 Å². The van der Waals surface area contributed by atoms with Crippen LogP contribution < -0.4 is 9.47 Å². The highest BCUT2D eigenvalue weighted by Gasteiger charge is 2.24. The Morgan fingerprint density at radius 2 is 1.93 bits per heavy atom. The lowest BCUT2D eigenvalue weighted by Gasteiger charge is -2.22. The van der Waals surface area contributed by atoms with Gasteiger partial charge in [-0.05, 0) is 42.8 Å². The molecule has 7 nitrogen and oxygen atoms in total. The smallest absolute Gasteiger partial charge is 0.263 e. The number of halogens is 1. The molecule has 3 aromatic rings. The van der Waals surface area contributed by atoms with Gasteiger partial charge in [-0.25, -0.2) is 0 Å². The predicted octanol–water partition coefficient (Wildman–Crippen LogP) is 4.21. The predicted molar refractivity (Wildman–Crippen MR) is 109 cm³/mol. The molecule has 0 spiro atoms. The second-order valence-corrected chi connectivity index (χ2v) is 6.84. The molecule has 0 aliphatic rings. The van der Waals surface area contributed by atoms with E-state index >= 15 is 0 Å². The van der Waals surface area contributed by atoms with Gasteiger partial charge in [-0.1, -0.05) is 29.7 Å². The van der Waals surface area contributed by atoms with Gasteiger partial charge in [0.1, 0.15) is 11.5 Å². The number of rotatable bonds is 8. The summed E-state index contributed by atoms with van der Waals surface area (Å²) in [5.74, 6) is 1.83. The number of carbonyl (C=O) groups is 1. The van der Waals surface area contributed by atoms with Crippen LogP contribution in [0.5, 0.6) is 11.5 Å². The SMILES string of the molecule is CCC(Oc1cccc(OC)c1)C(=O)N(C)Cc1nc(-c2ccc(Cl)cc2)no1. The van der Waals surface area contributed by atoms with Crippen molar-refractivity contribution in [2.45, 2.75) is 26.0 Å². The van der Waals surface area contributed by atoms with Crippen molar-refractivity contribution in [3.05, 3.63) is 59.4 Å². The maximum absolute atomic E-state index is 12.8. The molecule has 1 amide bonds. The van der Waals surface area contributed by atoms with E-state index in [4.69, 9.17) is 25.6 Å². The fourth-order valence-corrected chi connectivity index (χ4v) is 2.84. The second-order valence-electron chi connectivity index (χ2n) is 6.41. The molecule has 0 aliphatic heterocycles. The Morgan fingerprint density at radius 1 is 1.21 bits per heavy atom. The number of ether oxygens (including phenoxy) is 2. The molecule has 1 aromatic heterocycles. The van der Waals surface area contributed by atoms with Gasteiger partial charge in [0.15, 0.2) is 6.10 Å². The molecule has 8 heteroatoms. The van der Waals surface area contributed by atoms with Gasteiger partial charge in [0.2, 0.25) is 11.7 Å². The highest BCUT2D eigenvalue weighted by atomic mass is 35.5. The van der Waals surface area contributed by atoms with Crippen LogP contribution in [0.4, 0.5) is 0 Å². The molecule has 2 aromatic carbocycles. The molecule has 0 fully saturated rings. The number of benzene rings is 2. The molecule has 0 N–H and O–H groups in total. The van der Waals surface area contributed by atoms with Gasteiger partial charge >= 0.3 is 0 Å². The summed E-state index contributed by atoms with van der Waals surface area (Å²) in [5, 5.41) is 4.60. The average molecular weight is 416 g/mol. The number of hydrogen-bond acceptors (Lipinski definition) is 6. The molecule has 1 heterocycles. The quantitative estimate of drug-likeness (QED) is 0.548. The van der Waals surface area contributed by atoms with Crippen molar-refractivity contribution in [1.29, 1.82) is 0 Å². The van der Waals surface area contributed by atoms with Gasteiger partial charge in [0.05, 0.1) is 13.7 Å². The number of hydrogen-bond donors (Lipinski definition) is 0. The van der Waals surface area contributed by atoms with E-state index in [2.05, 4.69) is 10.1 Å². The van der Waals surface area contributed by atoms with Gasteiger partial charge in [-0.3, -0.25) is 4.79 Å². The zero-order valence-electron chi connectivity index (χ0n) is 16.5. The minimum Gasteiger partial charge on any atom is -0.497 e. The van der Waals surface area contributed by atoms with E-state index in [-0.39, 0.29) is 12.5 Å². The standard InChI is InChI=1S/C21H22ClN3O4/c1-4-18(28-17-7-5-6-16(12-17)27-3)21(26)25(2)13-19-23-20(24-29-19)14-8-10-15(22)11-9-14/h5-12,18H,4,13H2,1-3H3. The number of aromatic nitrogens is 2. The number of methoxy groups -OCH3 is 1. The molecule has 0 radical (unpaired) electrons. The van der Waals surface area contributed by atoms with Gasteiger partial charge in [-0.2, -0.15) is 4.98 Å². The van der Waals surface area contributed by atoms with Crippen molar-refractivity contribution in [2.75, 3.05) is 14.2 Å². The van der Waals surface area contributed by atoms with E-state index in [1.807, 2.05) is 19.1 Å². The number of likely N-dealkylation sites (N-methyl/N-ethyl adjacent to an activating group) is 1. The zero-order valence-corrected chi connectivity index (χ0v) is 17.2. The molecular formula is C21H22ClN3O4. The summed E-state index contributed by atoms with van der Waals surface area (Å²) < 4.78 is 16.3. The zero-order chi connectivity index (χ0) is 20.8. The number of nitrogens with zero attached hydrogens (tertiary/aromatic N) is 3. The van der Waals surface area contributed by atoms with Crippen LogP contribution in [-0.2, 0) is 11.3 Å². The van der Waals surface area contributed by atoms with Crippen LogP contribution in [0.2, 0.25) is 5.02 Å². The first-order valence-corrected chi connectivity index (χ1v) is 9.52. The molecule has 0 aliphatic carbocycles. The normalized spacial score (nSPS) is 11.7. The van der Waals surface area contributed by atoms with Gasteiger partial charge < -0.3 is 18.9 Å². The molecule has 29 heavy (non-hydrogen) atoms. The summed E-state index contributed by atoms with van der Waals surface area (Å²) in [4.78, 5) is 18.7. The largest absolute Gasteiger partial charge is 0.497 e. The van der Waals surface area contributed by atoms with Crippen LogP contribution in [0, 0.1) is 0 Å². The molecule has 0 saturated heterocycles. The van der Waals surface area contributed by atoms with E-state index in [0.29, 0.717) is 34.7 Å². The Hall–Kier alpha value is -3.06. The van der Waals surface area contributed by atoms with Crippen molar-refractivity contribution >= 4 is 17.5 Å². The Morgan fingerprint density at radius 3 is 2.62 bits per heavy atom. The van der Waals surface area contributed by atoms with Crippen molar-refractivity contribution in [2.24, 2.45) is 0 Å². The van der Waals surface area contributed by atoms with Crippen molar-refractivity contribution in [3.63, 3.8) is 0 Å². The third-order valence-electron chi connectivity index (χ3n) is 4.28. The van der Waals surface area contributed by atoms with Crippen LogP contribution >= 0.6 is 11.6 Å². The van der Waals surface area contributed by atoms with Crippen LogP contribution in [0.3, 0.4) is 0 Å². The highest BCUT2D eigenvalue weighted by molar-refractivity contribution is 6.30. The average Bonchev–Trinajstić information content (AvgIpc) is 3.20. The fourth-order valence-electron chi connectivity index (χ4n) is 2.71. The van der Waals surface area contributed by atoms with Gasteiger partial charge in [0.25, 0.3) is 5.91 Å². The minimum absolute atomic E-state index is 0.178. The summed E-state index contributed by atoms with van der Waals surface area (Å²) >= 11 is 5.90. The molecular weight excluding hydrogens is 394 g/mol. The van der Waals surface area contributed by atoms with E-state index in [0.717, 1.165) is 5.56 Å². The second kappa shape index (κ2) is 9.43. The Balaban J connectivity index is 1.65. The lowest BCUT2D eigenvalue weighted by Crippen LogP contribution is -2.39. The van der Waals surface area contributed by atoms with Crippen LogP contribution in [-0.4, -0.2) is 41.2 Å². The summed E-state index contributed by atoms with van der Waals surface area (Å²) in [7, 11) is 3.25. The molecule has 152 valence electrons. The highest BCUT2D eigenvalue weighted by Crippen LogP contribution is 2.22. The van der Waals surface area contributed by atoms with Crippen molar-refractivity contribution in [3.8, 4) is 22.9 Å². The molecule has 3 rings (SSSR count). The third-order valence-corrected chi connectivity index (χ3v) is 4.54. The van der Waals surface area contributed by atoms with Gasteiger partial charge in [0, 0.05) is 23.7 Å². The first kappa shape index (κ1) is 20.7. The van der Waals surface area contributed by atoms with E-state index in [9.17, 15) is 4.79 Å². The molecule has 1 atom stereocenters. The lowest BCUT2D eigenvalue weighted by molar-refractivity contribution is -0.138. The van der Waals surface area contributed by atoms with Crippen LogP contribution in [0.25, 0.3) is 11.4 Å². The Labute approximate surface area is 174 Å². The van der Waals surface area contributed by atoms with Crippen LogP contribution in [0.15, 0.2) is 53.1 Å². The minimum atomic E-state index is -0.634. The Bertz CT molecular complexity index is 959. The summed E-state index contributed by atoms with van der Waals surface area (Å²) in [6.45, 7) is 2.07. The Kier molecular flexibility index (Phi) is 6.72. The summed E-state index contributed by atoms with van der Waals surface area (Å²) in [6, 6.07) is 14.3. The lowest BCUT2D eigenvalue weighted by atomic mass is 10.2. The topological polar surface area (TPSA) is 77.7 Å². The van der Waals surface area contributed by atoms with E-state index in [1.54, 1.807) is 50.6 Å². The summed E-state index contributed by atoms with van der Waals surface area (Å²) in [6.07, 6.45) is -0.119. The number of carbonyl (C=O) groups excluding carboxylic acids is 1. The van der Waals surface area contributed by atoms with E-state index in [1.165, 1.54) is 4.90 Å². The van der Waals surface area contributed by atoms with Crippen molar-refractivity contribution < 1.29 is 18.8 Å². The van der Waals surface area contributed by atoms with Crippen molar-refractivity contribution in [1.82, 2.24) is 15.0 Å². The van der Waals surface area contributed by atoms with E-state index < -0.39 is 6.10 Å². The first-order chi connectivity index (χ1) is 14.0. The summed E-state index contributed by atoms with van der Waals surface area (Å²) in [5.41, 5.74) is 0.783. The molecule has 0 bridgehead atoms. The third kappa shape index (κ3) is 5.26. The first-order valence-electron chi connectivity index (χ1n) is 9.14.